The molecule has 152 valence electrons. The van der Waals surface area contributed by atoms with Gasteiger partial charge in [0.25, 0.3) is 0 Å². The lowest BCUT2D eigenvalue weighted by molar-refractivity contribution is -0.116. The van der Waals surface area contributed by atoms with Crippen molar-refractivity contribution in [1.82, 2.24) is 10.2 Å². The smallest absolute Gasteiger partial charge is 0.130 e. The number of hydrogen-bond acceptors (Lipinski definition) is 5. The number of halogens is 1. The molecule has 0 amide bonds. The van der Waals surface area contributed by atoms with E-state index in [0.717, 1.165) is 45.7 Å². The van der Waals surface area contributed by atoms with Gasteiger partial charge in [-0.3, -0.25) is 0 Å². The number of Topliss-reactive ketones (excluding diaryl/α,β-unsaturated/α-hetero) is 1. The summed E-state index contributed by atoms with van der Waals surface area (Å²) in [5, 5.41) is 7.11. The number of nitrogens with one attached hydrogen (secondary N) is 2. The number of piperazine rings is 1. The first-order valence-electron chi connectivity index (χ1n) is 10.2. The Balaban J connectivity index is 0.00000261. The first-order chi connectivity index (χ1) is 12.6. The van der Waals surface area contributed by atoms with Crippen LogP contribution in [0, 0.1) is 6.92 Å². The zero-order valence-corrected chi connectivity index (χ0v) is 17.7. The van der Waals surface area contributed by atoms with Crippen LogP contribution in [0.4, 0.5) is 11.4 Å². The van der Waals surface area contributed by atoms with E-state index >= 15 is 0 Å². The summed E-state index contributed by atoms with van der Waals surface area (Å²) in [5.74, 6) is 0.262. The van der Waals surface area contributed by atoms with E-state index in [2.05, 4.69) is 39.5 Å². The van der Waals surface area contributed by atoms with E-state index in [1.807, 2.05) is 0 Å². The van der Waals surface area contributed by atoms with Crippen molar-refractivity contribution >= 4 is 29.6 Å². The van der Waals surface area contributed by atoms with Gasteiger partial charge >= 0.3 is 0 Å². The van der Waals surface area contributed by atoms with Gasteiger partial charge in [-0.15, -0.1) is 12.4 Å². The minimum absolute atomic E-state index is 0. The summed E-state index contributed by atoms with van der Waals surface area (Å²) >= 11 is 0. The van der Waals surface area contributed by atoms with E-state index in [9.17, 15) is 4.79 Å². The molecule has 1 aromatic rings. The van der Waals surface area contributed by atoms with Crippen molar-refractivity contribution in [3.63, 3.8) is 0 Å². The molecule has 3 rings (SSSR count). The Kier molecular flexibility index (Phi) is 8.87. The monoisotopic (exact) mass is 394 g/mol. The molecule has 2 aliphatic heterocycles. The fourth-order valence-corrected chi connectivity index (χ4v) is 3.99. The third-order valence-corrected chi connectivity index (χ3v) is 5.61. The molecule has 1 aromatic carbocycles. The van der Waals surface area contributed by atoms with Gasteiger partial charge in [-0.1, -0.05) is 0 Å². The molecule has 2 N–H and O–H groups in total. The van der Waals surface area contributed by atoms with Gasteiger partial charge in [0.05, 0.1) is 0 Å². The Labute approximate surface area is 170 Å². The molecule has 6 heteroatoms. The number of anilines is 2. The van der Waals surface area contributed by atoms with Gasteiger partial charge in [0, 0.05) is 57.1 Å². The number of benzene rings is 1. The van der Waals surface area contributed by atoms with E-state index in [1.54, 1.807) is 6.92 Å². The number of likely N-dealkylation sites (tertiary alicyclic amines) is 1. The van der Waals surface area contributed by atoms with E-state index < -0.39 is 0 Å². The minimum Gasteiger partial charge on any atom is -0.383 e. The number of aryl methyl sites for hydroxylation is 1. The number of hydrogen-bond donors (Lipinski definition) is 2. The van der Waals surface area contributed by atoms with E-state index in [1.165, 1.54) is 48.4 Å². The summed E-state index contributed by atoms with van der Waals surface area (Å²) in [4.78, 5) is 16.5. The van der Waals surface area contributed by atoms with Gasteiger partial charge in [-0.25, -0.2) is 0 Å². The zero-order valence-electron chi connectivity index (χ0n) is 16.9. The molecular weight excluding hydrogens is 360 g/mol. The predicted octanol–water partition coefficient (Wildman–Crippen LogP) is 2.86. The van der Waals surface area contributed by atoms with Crippen LogP contribution in [0.1, 0.15) is 37.3 Å². The lowest BCUT2D eigenvalue weighted by Gasteiger charge is -2.32. The van der Waals surface area contributed by atoms with Crippen LogP contribution in [0.15, 0.2) is 12.1 Å². The molecule has 2 heterocycles. The summed E-state index contributed by atoms with van der Waals surface area (Å²) < 4.78 is 0. The lowest BCUT2D eigenvalue weighted by Crippen LogP contribution is -2.43. The third-order valence-electron chi connectivity index (χ3n) is 5.61. The van der Waals surface area contributed by atoms with Gasteiger partial charge in [0.15, 0.2) is 0 Å². The van der Waals surface area contributed by atoms with Crippen LogP contribution >= 0.6 is 12.4 Å². The van der Waals surface area contributed by atoms with E-state index in [-0.39, 0.29) is 18.2 Å². The highest BCUT2D eigenvalue weighted by Crippen LogP contribution is 2.30. The molecule has 0 spiro atoms. The number of carbonyl (C=O) groups is 1. The summed E-state index contributed by atoms with van der Waals surface area (Å²) in [6.07, 6.45) is 4.13. The van der Waals surface area contributed by atoms with Crippen molar-refractivity contribution in [2.45, 2.75) is 39.5 Å². The topological polar surface area (TPSA) is 47.6 Å². The van der Waals surface area contributed by atoms with Crippen LogP contribution in [0.3, 0.4) is 0 Å². The Hall–Kier alpha value is -1.30. The zero-order chi connectivity index (χ0) is 18.4. The largest absolute Gasteiger partial charge is 0.383 e. The number of carbonyl (C=O) groups excluding carboxylic acids is 1. The molecule has 0 aliphatic carbocycles. The van der Waals surface area contributed by atoms with Crippen molar-refractivity contribution < 1.29 is 4.79 Å². The fraction of sp³-hybridized carbons (Fsp3) is 0.667. The molecule has 0 aromatic heterocycles. The molecule has 2 saturated heterocycles. The van der Waals surface area contributed by atoms with Gasteiger partial charge in [0.2, 0.25) is 0 Å². The summed E-state index contributed by atoms with van der Waals surface area (Å²) in [6.45, 7) is 12.7. The van der Waals surface area contributed by atoms with Crippen LogP contribution < -0.4 is 15.5 Å². The van der Waals surface area contributed by atoms with Crippen molar-refractivity contribution in [3.05, 3.63) is 23.3 Å². The summed E-state index contributed by atoms with van der Waals surface area (Å²) in [6, 6.07) is 4.56. The normalized spacial score (nSPS) is 17.6. The highest BCUT2D eigenvalue weighted by atomic mass is 35.5. The Morgan fingerprint density at radius 1 is 1.15 bits per heavy atom. The van der Waals surface area contributed by atoms with Gasteiger partial charge in [0.1, 0.15) is 5.78 Å². The maximum atomic E-state index is 11.4. The standard InChI is InChI=1S/C21H34N4O.ClH/c1-17(26)5-6-19-15-20(23-9-12-24-10-3-4-11-24)18(2)21(16-19)25-13-7-22-8-14-25;/h15-16,22-23H,3-14H2,1-2H3;1H. The molecule has 0 unspecified atom stereocenters. The predicted molar refractivity (Wildman–Crippen MR) is 117 cm³/mol. The van der Waals surface area contributed by atoms with Crippen LogP contribution in [-0.4, -0.2) is 63.0 Å². The molecule has 27 heavy (non-hydrogen) atoms. The molecule has 0 bridgehead atoms. The molecule has 2 aliphatic rings. The highest BCUT2D eigenvalue weighted by molar-refractivity contribution is 5.85. The van der Waals surface area contributed by atoms with Crippen molar-refractivity contribution in [2.24, 2.45) is 0 Å². The minimum atomic E-state index is 0. The Bertz CT molecular complexity index is 610. The SMILES string of the molecule is CC(=O)CCc1cc(NCCN2CCCC2)c(C)c(N2CCNCC2)c1.Cl. The van der Waals surface area contributed by atoms with Crippen LogP contribution in [0.2, 0.25) is 0 Å². The summed E-state index contributed by atoms with van der Waals surface area (Å²) in [5.41, 5.74) is 5.16. The maximum absolute atomic E-state index is 11.4. The number of nitrogens with zero attached hydrogens (tertiary/aromatic N) is 2. The Morgan fingerprint density at radius 3 is 2.52 bits per heavy atom. The summed E-state index contributed by atoms with van der Waals surface area (Å²) in [7, 11) is 0. The van der Waals surface area contributed by atoms with Crippen molar-refractivity contribution in [2.75, 3.05) is 62.6 Å². The molecular formula is C21H35ClN4O. The van der Waals surface area contributed by atoms with Crippen LogP contribution in [0.5, 0.6) is 0 Å². The molecule has 0 radical (unpaired) electrons. The number of rotatable bonds is 8. The molecule has 0 atom stereocenters. The van der Waals surface area contributed by atoms with Crippen LogP contribution in [0.25, 0.3) is 0 Å². The van der Waals surface area contributed by atoms with Gasteiger partial charge in [-0.05, 0) is 69.5 Å². The second-order valence-corrected chi connectivity index (χ2v) is 7.70. The molecule has 2 fully saturated rings. The molecule has 0 saturated carbocycles. The first-order valence-corrected chi connectivity index (χ1v) is 10.2. The average molecular weight is 395 g/mol. The molecule has 5 nitrogen and oxygen atoms in total. The van der Waals surface area contributed by atoms with Crippen LogP contribution in [-0.2, 0) is 11.2 Å². The van der Waals surface area contributed by atoms with E-state index in [0.29, 0.717) is 6.42 Å². The maximum Gasteiger partial charge on any atom is 0.130 e. The van der Waals surface area contributed by atoms with Crippen molar-refractivity contribution in [1.29, 1.82) is 0 Å². The Morgan fingerprint density at radius 2 is 1.85 bits per heavy atom. The van der Waals surface area contributed by atoms with Crippen molar-refractivity contribution in [3.8, 4) is 0 Å². The number of ketones is 1. The first kappa shape index (κ1) is 22.0. The third kappa shape index (κ3) is 6.37. The highest BCUT2D eigenvalue weighted by Gasteiger charge is 2.17. The average Bonchev–Trinajstić information content (AvgIpc) is 3.16. The van der Waals surface area contributed by atoms with E-state index in [4.69, 9.17) is 0 Å². The van der Waals surface area contributed by atoms with Gasteiger partial charge < -0.3 is 25.2 Å². The second kappa shape index (κ2) is 10.9. The second-order valence-electron chi connectivity index (χ2n) is 7.70. The fourth-order valence-electron chi connectivity index (χ4n) is 3.99. The lowest BCUT2D eigenvalue weighted by atomic mass is 10.0. The quantitative estimate of drug-likeness (QED) is 0.710. The van der Waals surface area contributed by atoms with Gasteiger partial charge in [-0.2, -0.15) is 0 Å².